The first-order valence-electron chi connectivity index (χ1n) is 10.0. The van der Waals surface area contributed by atoms with Crippen LogP contribution >= 0.6 is 0 Å². The lowest BCUT2D eigenvalue weighted by molar-refractivity contribution is -0.526. The Bertz CT molecular complexity index is 1160. The lowest BCUT2D eigenvalue weighted by Gasteiger charge is -2.42. The van der Waals surface area contributed by atoms with Gasteiger partial charge in [0, 0.05) is 0 Å². The Labute approximate surface area is 223 Å². The number of hydrogen-bond acceptors (Lipinski definition) is 4. The Kier molecular flexibility index (Phi) is 9.72. The van der Waals surface area contributed by atoms with Gasteiger partial charge in [-0.3, -0.25) is 4.74 Å². The molecule has 0 saturated heterocycles. The van der Waals surface area contributed by atoms with Gasteiger partial charge in [-0.25, -0.2) is 9.59 Å². The number of hydrogen-bond donors (Lipinski definition) is 1. The summed E-state index contributed by atoms with van der Waals surface area (Å²) in [7, 11) is 0. The van der Waals surface area contributed by atoms with Gasteiger partial charge in [-0.1, -0.05) is 0 Å². The quantitative estimate of drug-likeness (QED) is 0.183. The third-order valence-electron chi connectivity index (χ3n) is 5.02. The summed E-state index contributed by atoms with van der Waals surface area (Å²) in [5, 5.41) is 8.67. The van der Waals surface area contributed by atoms with Crippen LogP contribution in [0, 0.1) is 0 Å². The molecule has 248 valence electrons. The van der Waals surface area contributed by atoms with E-state index in [4.69, 9.17) is 5.11 Å². The third-order valence-corrected chi connectivity index (χ3v) is 5.02. The van der Waals surface area contributed by atoms with E-state index in [9.17, 15) is 93.0 Å². The maximum Gasteiger partial charge on any atom is 0.458 e. The van der Waals surface area contributed by atoms with E-state index < -0.39 is 90.0 Å². The molecule has 24 heteroatoms. The summed E-state index contributed by atoms with van der Waals surface area (Å²) in [4.78, 5) is 22.3. The average Bonchev–Trinajstić information content (AvgIpc) is 2.81. The molecule has 0 spiro atoms. The highest BCUT2D eigenvalue weighted by Gasteiger charge is 2.92. The van der Waals surface area contributed by atoms with Crippen molar-refractivity contribution in [2.45, 2.75) is 60.3 Å². The fourth-order valence-corrected chi connectivity index (χ4v) is 2.59. The zero-order valence-electron chi connectivity index (χ0n) is 19.5. The molecular weight excluding hydrogens is 669 g/mol. The van der Waals surface area contributed by atoms with Gasteiger partial charge < -0.3 is 9.84 Å². The van der Waals surface area contributed by atoms with Gasteiger partial charge in [0.2, 0.25) is 0 Å². The molecule has 0 amide bonds. The third kappa shape index (κ3) is 6.37. The number of carboxylic acid groups (broad SMARTS) is 1. The molecule has 0 aromatic heterocycles. The van der Waals surface area contributed by atoms with E-state index in [2.05, 4.69) is 4.74 Å². The van der Waals surface area contributed by atoms with E-state index in [1.807, 2.05) is 0 Å². The lowest BCUT2D eigenvalue weighted by atomic mass is 9.92. The molecule has 0 heterocycles. The second kappa shape index (κ2) is 11.1. The molecule has 0 unspecified atom stereocenters. The van der Waals surface area contributed by atoms with Crippen molar-refractivity contribution in [2.75, 3.05) is 6.61 Å². The monoisotopic (exact) mass is 678 g/mol. The van der Waals surface area contributed by atoms with Gasteiger partial charge in [0.15, 0.2) is 0 Å². The number of carboxylic acids is 1. The number of rotatable bonds is 12. The van der Waals surface area contributed by atoms with E-state index >= 15 is 0 Å². The summed E-state index contributed by atoms with van der Waals surface area (Å²) in [6.07, 6.45) is -27.2. The van der Waals surface area contributed by atoms with Crippen LogP contribution < -0.4 is 0 Å². The highest BCUT2D eigenvalue weighted by atomic mass is 19.4. The smallest absolute Gasteiger partial charge is 0.458 e. The second-order valence-electron chi connectivity index (χ2n) is 7.98. The lowest BCUT2D eigenvalue weighted by Crippen LogP contribution is -2.72. The summed E-state index contributed by atoms with van der Waals surface area (Å²) < 4.78 is 257. The van der Waals surface area contributed by atoms with Crippen LogP contribution in [0.1, 0.15) is 27.1 Å². The first kappa shape index (κ1) is 37.8. The summed E-state index contributed by atoms with van der Waals surface area (Å²) in [5.74, 6) is -52.0. The molecule has 5 nitrogen and oxygen atoms in total. The van der Waals surface area contributed by atoms with Gasteiger partial charge in [-0.2, -0.15) is 83.4 Å². The van der Waals surface area contributed by atoms with E-state index in [-0.39, 0.29) is 0 Å². The summed E-state index contributed by atoms with van der Waals surface area (Å²) >= 11 is 0. The zero-order chi connectivity index (χ0) is 34.5. The Morgan fingerprint density at radius 1 is 0.581 bits per heavy atom. The van der Waals surface area contributed by atoms with Crippen molar-refractivity contribution in [1.82, 2.24) is 0 Å². The van der Waals surface area contributed by atoms with E-state index in [0.29, 0.717) is 24.3 Å². The van der Waals surface area contributed by atoms with Crippen LogP contribution in [0.15, 0.2) is 24.3 Å². The molecule has 0 radical (unpaired) electrons. The van der Waals surface area contributed by atoms with Crippen molar-refractivity contribution in [2.24, 2.45) is 0 Å². The van der Waals surface area contributed by atoms with Crippen molar-refractivity contribution in [3.05, 3.63) is 35.4 Å². The number of halogens is 19. The summed E-state index contributed by atoms with van der Waals surface area (Å²) in [5.41, 5.74) is -1.20. The van der Waals surface area contributed by atoms with Crippen molar-refractivity contribution < 1.29 is 108 Å². The molecule has 1 rings (SSSR count). The fourth-order valence-electron chi connectivity index (χ4n) is 2.59. The average molecular weight is 678 g/mol. The molecule has 1 N–H and O–H groups in total. The SMILES string of the molecule is O=C(O)c1ccc(C(=O)OCCC(F)(F)C(F)(F)C(F)(F)C(F)(F)C(F)(F)C(F)(F)OC(F)(C(F)(F)F)C(F)(F)F)cc1. The van der Waals surface area contributed by atoms with Crippen LogP contribution in [0.5, 0.6) is 0 Å². The predicted octanol–water partition coefficient (Wildman–Crippen LogP) is 7.51. The molecule has 0 aliphatic rings. The van der Waals surface area contributed by atoms with Crippen LogP contribution in [0.2, 0.25) is 0 Å². The minimum atomic E-state index is -8.74. The number of esters is 1. The summed E-state index contributed by atoms with van der Waals surface area (Å²) in [6.45, 7) is -2.17. The van der Waals surface area contributed by atoms with Gasteiger partial charge in [-0.15, -0.1) is 0 Å². The Hall–Kier alpha value is -3.21. The number of carbonyl (C=O) groups is 2. The summed E-state index contributed by atoms with van der Waals surface area (Å²) in [6, 6.07) is 2.64. The molecule has 43 heavy (non-hydrogen) atoms. The maximum absolute atomic E-state index is 13.8. The van der Waals surface area contributed by atoms with E-state index in [1.165, 1.54) is 0 Å². The Morgan fingerprint density at radius 3 is 1.33 bits per heavy atom. The number of ether oxygens (including phenoxy) is 2. The van der Waals surface area contributed by atoms with Crippen LogP contribution in [-0.2, 0) is 9.47 Å². The Morgan fingerprint density at radius 2 is 0.953 bits per heavy atom. The maximum atomic E-state index is 13.8. The number of aromatic carboxylic acids is 1. The first-order valence-corrected chi connectivity index (χ1v) is 10.0. The number of alkyl halides is 19. The normalized spacial score (nSPS) is 15.0. The highest BCUT2D eigenvalue weighted by molar-refractivity contribution is 5.92. The standard InChI is InChI=1S/C19H9F19O5/c20-11(21,5-6-42-10(41)8-3-1-7(2-4-8)9(39)40)12(22,23)13(24,25)14(26,27)15(28,29)19(37,38)43-16(30,17(31,32)33)18(34,35)36/h1-4H,5-6H2,(H,39,40). The predicted molar refractivity (Wildman–Crippen MR) is 95.0 cm³/mol. The molecule has 0 atom stereocenters. The van der Waals surface area contributed by atoms with Gasteiger partial charge in [0.1, 0.15) is 0 Å². The van der Waals surface area contributed by atoms with Gasteiger partial charge in [0.25, 0.3) is 0 Å². The van der Waals surface area contributed by atoms with Gasteiger partial charge >= 0.3 is 65.9 Å². The minimum absolute atomic E-state index is 0.479. The van der Waals surface area contributed by atoms with Crippen molar-refractivity contribution in [3.8, 4) is 0 Å². The minimum Gasteiger partial charge on any atom is -0.478 e. The van der Waals surface area contributed by atoms with Crippen LogP contribution in [0.3, 0.4) is 0 Å². The molecule has 1 aromatic rings. The van der Waals surface area contributed by atoms with Crippen LogP contribution in [-0.4, -0.2) is 77.6 Å². The van der Waals surface area contributed by atoms with E-state index in [0.717, 1.165) is 4.74 Å². The van der Waals surface area contributed by atoms with Crippen LogP contribution in [0.4, 0.5) is 83.4 Å². The van der Waals surface area contributed by atoms with Gasteiger partial charge in [0.05, 0.1) is 24.2 Å². The largest absolute Gasteiger partial charge is 0.478 e. The second-order valence-corrected chi connectivity index (χ2v) is 7.98. The van der Waals surface area contributed by atoms with Gasteiger partial charge in [-0.05, 0) is 24.3 Å². The molecule has 0 aliphatic carbocycles. The molecule has 1 aromatic carbocycles. The fraction of sp³-hybridized carbons (Fsp3) is 0.579. The molecular formula is C19H9F19O5. The molecule has 0 saturated carbocycles. The molecule has 0 bridgehead atoms. The molecule has 0 fully saturated rings. The number of carbonyl (C=O) groups excluding carboxylic acids is 1. The van der Waals surface area contributed by atoms with Crippen molar-refractivity contribution in [3.63, 3.8) is 0 Å². The first-order chi connectivity index (χ1) is 18.8. The van der Waals surface area contributed by atoms with Crippen molar-refractivity contribution in [1.29, 1.82) is 0 Å². The number of benzene rings is 1. The zero-order valence-corrected chi connectivity index (χ0v) is 19.5. The Balaban J connectivity index is 3.32. The van der Waals surface area contributed by atoms with E-state index in [1.54, 1.807) is 0 Å². The highest BCUT2D eigenvalue weighted by Crippen LogP contribution is 2.62. The van der Waals surface area contributed by atoms with Crippen LogP contribution in [0.25, 0.3) is 0 Å². The molecule has 0 aliphatic heterocycles. The topological polar surface area (TPSA) is 72.8 Å². The van der Waals surface area contributed by atoms with Crippen molar-refractivity contribution >= 4 is 11.9 Å².